The van der Waals surface area contributed by atoms with E-state index in [4.69, 9.17) is 18.6 Å². The van der Waals surface area contributed by atoms with Crippen LogP contribution in [-0.4, -0.2) is 47.2 Å². The lowest BCUT2D eigenvalue weighted by Gasteiger charge is -2.18. The average molecular weight is 483 g/mol. The summed E-state index contributed by atoms with van der Waals surface area (Å²) >= 11 is 2.51. The van der Waals surface area contributed by atoms with E-state index in [1.54, 1.807) is 7.11 Å². The maximum atomic E-state index is 12.4. The first-order valence-electron chi connectivity index (χ1n) is 9.94. The Bertz CT molecular complexity index is 1270. The topological polar surface area (TPSA) is 109 Å². The van der Waals surface area contributed by atoms with Gasteiger partial charge >= 0.3 is 0 Å². The number of rotatable bonds is 7. The van der Waals surface area contributed by atoms with Crippen LogP contribution in [0.25, 0.3) is 22.7 Å². The normalized spacial score (nSPS) is 12.4. The first kappa shape index (κ1) is 21.3. The molecular weight excluding hydrogens is 464 g/mol. The van der Waals surface area contributed by atoms with Gasteiger partial charge < -0.3 is 23.9 Å². The summed E-state index contributed by atoms with van der Waals surface area (Å²) in [4.78, 5) is 16.9. The van der Waals surface area contributed by atoms with Crippen LogP contribution in [0.1, 0.15) is 0 Å². The molecule has 0 saturated carbocycles. The Kier molecular flexibility index (Phi) is 6.13. The predicted octanol–water partition coefficient (Wildman–Crippen LogP) is 4.37. The molecule has 4 aromatic rings. The molecular formula is C22H18N4O5S2. The highest BCUT2D eigenvalue weighted by molar-refractivity contribution is 7.99. The molecule has 2 aromatic carbocycles. The minimum absolute atomic E-state index is 0.114. The highest BCUT2D eigenvalue weighted by atomic mass is 32.2. The number of amides is 1. The Labute approximate surface area is 197 Å². The fourth-order valence-corrected chi connectivity index (χ4v) is 4.37. The molecule has 33 heavy (non-hydrogen) atoms. The molecule has 0 fully saturated rings. The van der Waals surface area contributed by atoms with E-state index in [0.717, 1.165) is 40.1 Å². The standard InChI is InChI=1S/C22H18N4O5S2/c1-28-15-5-2-13(3-6-15)20-25-26-22(31-20)33-12-19(27)24-21-23-16(11-32-21)14-4-7-17-18(10-14)30-9-8-29-17/h2-7,10-11H,8-9,12H2,1H3,(H,23,24,27). The van der Waals surface area contributed by atoms with E-state index in [0.29, 0.717) is 35.2 Å². The van der Waals surface area contributed by atoms with E-state index in [9.17, 15) is 4.79 Å². The van der Waals surface area contributed by atoms with E-state index in [1.165, 1.54) is 11.3 Å². The van der Waals surface area contributed by atoms with Gasteiger partial charge in [-0.05, 0) is 42.5 Å². The van der Waals surface area contributed by atoms with Crippen molar-refractivity contribution >= 4 is 34.1 Å². The lowest BCUT2D eigenvalue weighted by molar-refractivity contribution is -0.113. The van der Waals surface area contributed by atoms with Gasteiger partial charge in [0, 0.05) is 16.5 Å². The molecule has 5 rings (SSSR count). The first-order chi connectivity index (χ1) is 16.2. The lowest BCUT2D eigenvalue weighted by atomic mass is 10.1. The molecule has 0 unspecified atom stereocenters. The van der Waals surface area contributed by atoms with Crippen molar-refractivity contribution in [2.45, 2.75) is 5.22 Å². The molecule has 2 aromatic heterocycles. The third kappa shape index (κ3) is 4.94. The Morgan fingerprint density at radius 3 is 2.70 bits per heavy atom. The minimum atomic E-state index is -0.215. The number of hydrogen-bond acceptors (Lipinski definition) is 10. The molecule has 1 amide bonds. The van der Waals surface area contributed by atoms with Crippen LogP contribution in [0, 0.1) is 0 Å². The zero-order valence-corrected chi connectivity index (χ0v) is 19.1. The molecule has 0 atom stereocenters. The van der Waals surface area contributed by atoms with Crippen LogP contribution in [0.15, 0.2) is 57.5 Å². The quantitative estimate of drug-likeness (QED) is 0.384. The molecule has 11 heteroatoms. The molecule has 168 valence electrons. The Morgan fingerprint density at radius 2 is 1.88 bits per heavy atom. The Hall–Kier alpha value is -3.57. The number of hydrogen-bond donors (Lipinski definition) is 1. The Balaban J connectivity index is 1.17. The zero-order chi connectivity index (χ0) is 22.6. The SMILES string of the molecule is COc1ccc(-c2nnc(SCC(=O)Nc3nc(-c4ccc5c(c4)OCCO5)cs3)o2)cc1. The van der Waals surface area contributed by atoms with Crippen LogP contribution in [0.5, 0.6) is 17.2 Å². The second-order valence-corrected chi connectivity index (χ2v) is 8.62. The molecule has 0 saturated heterocycles. The van der Waals surface area contributed by atoms with Crippen LogP contribution in [0.3, 0.4) is 0 Å². The minimum Gasteiger partial charge on any atom is -0.497 e. The molecule has 1 N–H and O–H groups in total. The van der Waals surface area contributed by atoms with Gasteiger partial charge in [0.05, 0.1) is 18.6 Å². The fourth-order valence-electron chi connectivity index (χ4n) is 3.07. The average Bonchev–Trinajstić information content (AvgIpc) is 3.52. The smallest absolute Gasteiger partial charge is 0.277 e. The van der Waals surface area contributed by atoms with Crippen LogP contribution >= 0.6 is 23.1 Å². The summed E-state index contributed by atoms with van der Waals surface area (Å²) < 4.78 is 21.9. The number of carbonyl (C=O) groups is 1. The van der Waals surface area contributed by atoms with Crippen molar-refractivity contribution in [2.75, 3.05) is 31.4 Å². The van der Waals surface area contributed by atoms with Gasteiger partial charge in [0.25, 0.3) is 5.22 Å². The van der Waals surface area contributed by atoms with Gasteiger partial charge in [0.2, 0.25) is 11.8 Å². The van der Waals surface area contributed by atoms with Crippen LogP contribution in [0.2, 0.25) is 0 Å². The van der Waals surface area contributed by atoms with Gasteiger partial charge in [-0.25, -0.2) is 4.98 Å². The first-order valence-corrected chi connectivity index (χ1v) is 11.8. The van der Waals surface area contributed by atoms with E-state index in [-0.39, 0.29) is 11.7 Å². The van der Waals surface area contributed by atoms with E-state index < -0.39 is 0 Å². The van der Waals surface area contributed by atoms with E-state index >= 15 is 0 Å². The second kappa shape index (κ2) is 9.51. The highest BCUT2D eigenvalue weighted by Gasteiger charge is 2.15. The fraction of sp³-hybridized carbons (Fsp3) is 0.182. The van der Waals surface area contributed by atoms with E-state index in [2.05, 4.69) is 20.5 Å². The van der Waals surface area contributed by atoms with Crippen LogP contribution in [0.4, 0.5) is 5.13 Å². The van der Waals surface area contributed by atoms with E-state index in [1.807, 2.05) is 47.8 Å². The maximum Gasteiger partial charge on any atom is 0.277 e. The second-order valence-electron chi connectivity index (χ2n) is 6.83. The summed E-state index contributed by atoms with van der Waals surface area (Å²) in [6.07, 6.45) is 0. The number of aromatic nitrogens is 3. The summed E-state index contributed by atoms with van der Waals surface area (Å²) in [7, 11) is 1.60. The van der Waals surface area contributed by atoms with Crippen molar-refractivity contribution in [3.63, 3.8) is 0 Å². The molecule has 3 heterocycles. The third-order valence-electron chi connectivity index (χ3n) is 4.66. The van der Waals surface area contributed by atoms with Gasteiger partial charge in [0.15, 0.2) is 16.6 Å². The number of thioether (sulfide) groups is 1. The number of fused-ring (bicyclic) bond motifs is 1. The van der Waals surface area contributed by atoms with Crippen molar-refractivity contribution < 1.29 is 23.4 Å². The number of methoxy groups -OCH3 is 1. The van der Waals surface area contributed by atoms with Crippen LogP contribution < -0.4 is 19.5 Å². The van der Waals surface area contributed by atoms with Gasteiger partial charge in [-0.2, -0.15) is 0 Å². The molecule has 0 aliphatic carbocycles. The van der Waals surface area contributed by atoms with Gasteiger partial charge in [0.1, 0.15) is 19.0 Å². The molecule has 1 aliphatic rings. The lowest BCUT2D eigenvalue weighted by Crippen LogP contribution is -2.15. The molecule has 0 radical (unpaired) electrons. The van der Waals surface area contributed by atoms with Crippen molar-refractivity contribution in [1.82, 2.24) is 15.2 Å². The van der Waals surface area contributed by atoms with Gasteiger partial charge in [-0.3, -0.25) is 4.79 Å². The maximum absolute atomic E-state index is 12.4. The number of benzene rings is 2. The molecule has 0 spiro atoms. The Morgan fingerprint density at radius 1 is 1.09 bits per heavy atom. The summed E-state index contributed by atoms with van der Waals surface area (Å²) in [5, 5.41) is 13.5. The monoisotopic (exact) mass is 482 g/mol. The third-order valence-corrected chi connectivity index (χ3v) is 6.23. The predicted molar refractivity (Wildman–Crippen MR) is 124 cm³/mol. The van der Waals surface area contributed by atoms with Crippen LogP contribution in [-0.2, 0) is 4.79 Å². The van der Waals surface area contributed by atoms with Crippen molar-refractivity contribution in [3.05, 3.63) is 47.8 Å². The number of anilines is 1. The molecule has 1 aliphatic heterocycles. The largest absolute Gasteiger partial charge is 0.497 e. The zero-order valence-electron chi connectivity index (χ0n) is 17.4. The number of ether oxygens (including phenoxy) is 3. The molecule has 0 bridgehead atoms. The van der Waals surface area contributed by atoms with Gasteiger partial charge in [-0.15, -0.1) is 21.5 Å². The van der Waals surface area contributed by atoms with Crippen molar-refractivity contribution in [2.24, 2.45) is 0 Å². The summed E-state index contributed by atoms with van der Waals surface area (Å²) in [6, 6.07) is 13.0. The number of nitrogens with one attached hydrogen (secondary N) is 1. The number of thiazole rings is 1. The van der Waals surface area contributed by atoms with Crippen molar-refractivity contribution in [1.29, 1.82) is 0 Å². The number of nitrogens with zero attached hydrogens (tertiary/aromatic N) is 3. The highest BCUT2D eigenvalue weighted by Crippen LogP contribution is 2.35. The summed E-state index contributed by atoms with van der Waals surface area (Å²) in [5.74, 6) is 2.44. The van der Waals surface area contributed by atoms with Gasteiger partial charge in [-0.1, -0.05) is 11.8 Å². The summed E-state index contributed by atoms with van der Waals surface area (Å²) in [5.41, 5.74) is 2.41. The van der Waals surface area contributed by atoms with Crippen molar-refractivity contribution in [3.8, 4) is 40.0 Å². The number of carbonyl (C=O) groups excluding carboxylic acids is 1. The summed E-state index contributed by atoms with van der Waals surface area (Å²) in [6.45, 7) is 1.07. The molecule has 9 nitrogen and oxygen atoms in total.